The number of likely N-dealkylation sites (tertiary alicyclic amines) is 1. The van der Waals surface area contributed by atoms with Gasteiger partial charge >= 0.3 is 0 Å². The van der Waals surface area contributed by atoms with E-state index >= 15 is 0 Å². The topological polar surface area (TPSA) is 24.5 Å². The number of rotatable bonds is 5. The van der Waals surface area contributed by atoms with E-state index in [2.05, 4.69) is 17.1 Å². The summed E-state index contributed by atoms with van der Waals surface area (Å²) in [5.41, 5.74) is 0. The fourth-order valence-electron chi connectivity index (χ4n) is 3.27. The highest BCUT2D eigenvalue weighted by Crippen LogP contribution is 2.19. The third-order valence-corrected chi connectivity index (χ3v) is 4.49. The van der Waals surface area contributed by atoms with Crippen LogP contribution in [0.25, 0.3) is 0 Å². The molecule has 2 aliphatic rings. The third kappa shape index (κ3) is 3.94. The summed E-state index contributed by atoms with van der Waals surface area (Å²) in [5, 5.41) is 3.70. The first kappa shape index (κ1) is 13.3. The van der Waals surface area contributed by atoms with Gasteiger partial charge in [-0.3, -0.25) is 4.90 Å². The molecule has 1 N–H and O–H groups in total. The summed E-state index contributed by atoms with van der Waals surface area (Å²) in [6, 6.07) is 1.49. The zero-order chi connectivity index (χ0) is 12.1. The second-order valence-corrected chi connectivity index (χ2v) is 5.70. The predicted molar refractivity (Wildman–Crippen MR) is 71.3 cm³/mol. The lowest BCUT2D eigenvalue weighted by atomic mass is 10.0. The average Bonchev–Trinajstić information content (AvgIpc) is 2.84. The van der Waals surface area contributed by atoms with Gasteiger partial charge in [-0.15, -0.1) is 0 Å². The summed E-state index contributed by atoms with van der Waals surface area (Å²) in [7, 11) is 1.84. The van der Waals surface area contributed by atoms with Crippen LogP contribution in [0.3, 0.4) is 0 Å². The summed E-state index contributed by atoms with van der Waals surface area (Å²) in [6.07, 6.45) is 8.51. The molecule has 1 saturated carbocycles. The molecule has 1 heterocycles. The van der Waals surface area contributed by atoms with Crippen LogP contribution in [0.1, 0.15) is 45.4 Å². The van der Waals surface area contributed by atoms with Crippen molar-refractivity contribution in [2.24, 2.45) is 0 Å². The van der Waals surface area contributed by atoms with Gasteiger partial charge in [0.2, 0.25) is 0 Å². The van der Waals surface area contributed by atoms with Crippen molar-refractivity contribution < 1.29 is 4.74 Å². The van der Waals surface area contributed by atoms with Gasteiger partial charge in [0.05, 0.1) is 6.10 Å². The van der Waals surface area contributed by atoms with Crippen LogP contribution in [0.4, 0.5) is 0 Å². The number of nitrogens with one attached hydrogen (secondary N) is 1. The Kier molecular flexibility index (Phi) is 5.26. The molecule has 100 valence electrons. The summed E-state index contributed by atoms with van der Waals surface area (Å²) in [5.74, 6) is 0. The van der Waals surface area contributed by atoms with Crippen molar-refractivity contribution in [3.63, 3.8) is 0 Å². The zero-order valence-corrected chi connectivity index (χ0v) is 11.5. The van der Waals surface area contributed by atoms with E-state index in [1.54, 1.807) is 0 Å². The Morgan fingerprint density at radius 2 is 2.00 bits per heavy atom. The molecule has 2 rings (SSSR count). The second-order valence-electron chi connectivity index (χ2n) is 5.70. The molecule has 0 bridgehead atoms. The molecule has 2 fully saturated rings. The first-order chi connectivity index (χ1) is 8.29. The summed E-state index contributed by atoms with van der Waals surface area (Å²) in [4.78, 5) is 2.61. The van der Waals surface area contributed by atoms with Crippen molar-refractivity contribution in [3.05, 3.63) is 0 Å². The number of hydrogen-bond acceptors (Lipinski definition) is 3. The number of ether oxygens (including phenoxy) is 1. The summed E-state index contributed by atoms with van der Waals surface area (Å²) >= 11 is 0. The molecule has 0 spiro atoms. The maximum Gasteiger partial charge on any atom is 0.0598 e. The molecule has 3 nitrogen and oxygen atoms in total. The SMILES string of the molecule is COC1CCN(CCNC2CCCC2)C(C)C1. The van der Waals surface area contributed by atoms with Crippen molar-refractivity contribution in [2.75, 3.05) is 26.7 Å². The predicted octanol–water partition coefficient (Wildman–Crippen LogP) is 2.02. The van der Waals surface area contributed by atoms with Crippen molar-refractivity contribution in [2.45, 2.75) is 63.6 Å². The van der Waals surface area contributed by atoms with Gasteiger partial charge in [-0.2, -0.15) is 0 Å². The minimum atomic E-state index is 0.490. The Bertz CT molecular complexity index is 216. The van der Waals surface area contributed by atoms with Crippen LogP contribution < -0.4 is 5.32 Å². The fourth-order valence-corrected chi connectivity index (χ4v) is 3.27. The molecular formula is C14H28N2O. The van der Waals surface area contributed by atoms with Crippen LogP contribution in [0, 0.1) is 0 Å². The number of hydrogen-bond donors (Lipinski definition) is 1. The highest BCUT2D eigenvalue weighted by atomic mass is 16.5. The molecule has 1 saturated heterocycles. The quantitative estimate of drug-likeness (QED) is 0.795. The van der Waals surface area contributed by atoms with Crippen LogP contribution >= 0.6 is 0 Å². The smallest absolute Gasteiger partial charge is 0.0598 e. The molecule has 0 aromatic rings. The Morgan fingerprint density at radius 1 is 1.24 bits per heavy atom. The minimum absolute atomic E-state index is 0.490. The van der Waals surface area contributed by atoms with Gasteiger partial charge in [-0.1, -0.05) is 12.8 Å². The van der Waals surface area contributed by atoms with Crippen LogP contribution in [-0.4, -0.2) is 49.8 Å². The second kappa shape index (κ2) is 6.72. The molecule has 1 aliphatic heterocycles. The summed E-state index contributed by atoms with van der Waals surface area (Å²) < 4.78 is 5.45. The van der Waals surface area contributed by atoms with Crippen molar-refractivity contribution in [3.8, 4) is 0 Å². The minimum Gasteiger partial charge on any atom is -0.381 e. The standard InChI is InChI=1S/C14H28N2O/c1-12-11-14(17-2)7-9-16(12)10-8-15-13-5-3-4-6-13/h12-15H,3-11H2,1-2H3. The summed E-state index contributed by atoms with van der Waals surface area (Å²) in [6.45, 7) is 5.90. The van der Waals surface area contributed by atoms with Crippen LogP contribution in [0.2, 0.25) is 0 Å². The van der Waals surface area contributed by atoms with Gasteiger partial charge in [-0.25, -0.2) is 0 Å². The third-order valence-electron chi connectivity index (χ3n) is 4.49. The van der Waals surface area contributed by atoms with Gasteiger partial charge in [-0.05, 0) is 32.6 Å². The number of nitrogens with zero attached hydrogens (tertiary/aromatic N) is 1. The molecular weight excluding hydrogens is 212 g/mol. The highest BCUT2D eigenvalue weighted by molar-refractivity contribution is 4.80. The molecule has 2 atom stereocenters. The lowest BCUT2D eigenvalue weighted by Crippen LogP contribution is -2.46. The van der Waals surface area contributed by atoms with Gasteiger partial charge in [0.15, 0.2) is 0 Å². The monoisotopic (exact) mass is 240 g/mol. The molecule has 2 unspecified atom stereocenters. The normalized spacial score (nSPS) is 32.1. The first-order valence-electron chi connectivity index (χ1n) is 7.30. The van der Waals surface area contributed by atoms with Gasteiger partial charge < -0.3 is 10.1 Å². The van der Waals surface area contributed by atoms with E-state index < -0.39 is 0 Å². The van der Waals surface area contributed by atoms with E-state index in [4.69, 9.17) is 4.74 Å². The molecule has 0 aromatic carbocycles. The van der Waals surface area contributed by atoms with Crippen LogP contribution in [0.5, 0.6) is 0 Å². The molecule has 17 heavy (non-hydrogen) atoms. The van der Waals surface area contributed by atoms with Gasteiger partial charge in [0, 0.05) is 38.8 Å². The number of methoxy groups -OCH3 is 1. The van der Waals surface area contributed by atoms with Crippen molar-refractivity contribution in [1.82, 2.24) is 10.2 Å². The molecule has 1 aliphatic carbocycles. The maximum atomic E-state index is 5.45. The first-order valence-corrected chi connectivity index (χ1v) is 7.30. The van der Waals surface area contributed by atoms with Crippen molar-refractivity contribution in [1.29, 1.82) is 0 Å². The maximum absolute atomic E-state index is 5.45. The van der Waals surface area contributed by atoms with Crippen molar-refractivity contribution >= 4 is 0 Å². The average molecular weight is 240 g/mol. The van der Waals surface area contributed by atoms with E-state index in [-0.39, 0.29) is 0 Å². The molecule has 0 amide bonds. The molecule has 3 heteroatoms. The fraction of sp³-hybridized carbons (Fsp3) is 1.00. The molecule has 0 aromatic heterocycles. The number of piperidine rings is 1. The Morgan fingerprint density at radius 3 is 2.65 bits per heavy atom. The van der Waals surface area contributed by atoms with E-state index in [1.807, 2.05) is 7.11 Å². The van der Waals surface area contributed by atoms with E-state index in [0.29, 0.717) is 12.1 Å². The van der Waals surface area contributed by atoms with Crippen LogP contribution in [-0.2, 0) is 4.74 Å². The van der Waals surface area contributed by atoms with E-state index in [1.165, 1.54) is 51.6 Å². The van der Waals surface area contributed by atoms with Crippen LogP contribution in [0.15, 0.2) is 0 Å². The highest BCUT2D eigenvalue weighted by Gasteiger charge is 2.24. The zero-order valence-electron chi connectivity index (χ0n) is 11.5. The lowest BCUT2D eigenvalue weighted by molar-refractivity contribution is 0.0163. The lowest BCUT2D eigenvalue weighted by Gasteiger charge is -2.37. The van der Waals surface area contributed by atoms with E-state index in [0.717, 1.165) is 12.6 Å². The largest absolute Gasteiger partial charge is 0.381 e. The van der Waals surface area contributed by atoms with E-state index in [9.17, 15) is 0 Å². The Labute approximate surface area is 106 Å². The Hall–Kier alpha value is -0.120. The molecule has 0 radical (unpaired) electrons. The Balaban J connectivity index is 1.62. The van der Waals surface area contributed by atoms with Gasteiger partial charge in [0.1, 0.15) is 0 Å². The van der Waals surface area contributed by atoms with Gasteiger partial charge in [0.25, 0.3) is 0 Å².